The lowest BCUT2D eigenvalue weighted by molar-refractivity contribution is 0.00578. The molecule has 100 valence electrons. The van der Waals surface area contributed by atoms with Crippen molar-refractivity contribution < 1.29 is 9.31 Å². The van der Waals surface area contributed by atoms with Gasteiger partial charge in [0.1, 0.15) is 5.82 Å². The molecule has 1 aliphatic rings. The molecule has 0 amide bonds. The molecule has 0 saturated carbocycles. The molecular weight excluding hydrogens is 227 g/mol. The first-order valence-corrected chi connectivity index (χ1v) is 6.66. The summed E-state index contributed by atoms with van der Waals surface area (Å²) in [4.78, 5) is 4.56. The van der Waals surface area contributed by atoms with Crippen molar-refractivity contribution in [3.63, 3.8) is 0 Å². The van der Waals surface area contributed by atoms with Crippen LogP contribution in [-0.4, -0.2) is 27.9 Å². The van der Waals surface area contributed by atoms with Crippen LogP contribution < -0.4 is 5.59 Å². The lowest BCUT2D eigenvalue weighted by atomic mass is 9.86. The Balaban J connectivity index is 2.22. The van der Waals surface area contributed by atoms with Crippen molar-refractivity contribution in [1.29, 1.82) is 0 Å². The zero-order chi connectivity index (χ0) is 13.6. The Kier molecular flexibility index (Phi) is 3.32. The standard InChI is InChI=1S/C13H23BN2O2/c1-7-8-16-9-11(15-10(16)2)14-17-12(3,4)13(5,6)18-14/h9H,7-8H2,1-6H3. The van der Waals surface area contributed by atoms with Gasteiger partial charge in [0.15, 0.2) is 0 Å². The van der Waals surface area contributed by atoms with Gasteiger partial charge in [-0.1, -0.05) is 6.92 Å². The number of rotatable bonds is 3. The van der Waals surface area contributed by atoms with Crippen LogP contribution in [-0.2, 0) is 15.9 Å². The summed E-state index contributed by atoms with van der Waals surface area (Å²) in [6, 6.07) is 0. The molecule has 5 heteroatoms. The average molecular weight is 250 g/mol. The van der Waals surface area contributed by atoms with Gasteiger partial charge in [-0.05, 0) is 41.0 Å². The van der Waals surface area contributed by atoms with Gasteiger partial charge in [-0.3, -0.25) is 0 Å². The van der Waals surface area contributed by atoms with Gasteiger partial charge >= 0.3 is 7.12 Å². The Morgan fingerprint density at radius 1 is 1.22 bits per heavy atom. The minimum atomic E-state index is -0.355. The van der Waals surface area contributed by atoms with Crippen LogP contribution in [0.1, 0.15) is 46.9 Å². The van der Waals surface area contributed by atoms with E-state index in [4.69, 9.17) is 9.31 Å². The molecule has 0 bridgehead atoms. The molecule has 0 aliphatic carbocycles. The van der Waals surface area contributed by atoms with Gasteiger partial charge in [-0.2, -0.15) is 0 Å². The second-order valence-electron chi connectivity index (χ2n) is 5.99. The molecule has 1 aromatic rings. The summed E-state index contributed by atoms with van der Waals surface area (Å²) in [6.45, 7) is 13.4. The molecular formula is C13H23BN2O2. The zero-order valence-corrected chi connectivity index (χ0v) is 12.3. The summed E-state index contributed by atoms with van der Waals surface area (Å²) in [6.07, 6.45) is 3.14. The first kappa shape index (κ1) is 13.6. The summed E-state index contributed by atoms with van der Waals surface area (Å²) in [5.41, 5.74) is 0.264. The van der Waals surface area contributed by atoms with E-state index in [2.05, 4.69) is 44.2 Å². The molecule has 18 heavy (non-hydrogen) atoms. The van der Waals surface area contributed by atoms with E-state index in [9.17, 15) is 0 Å². The van der Waals surface area contributed by atoms with Gasteiger partial charge < -0.3 is 13.9 Å². The van der Waals surface area contributed by atoms with E-state index < -0.39 is 0 Å². The molecule has 0 unspecified atom stereocenters. The molecule has 2 rings (SSSR count). The van der Waals surface area contributed by atoms with Crippen LogP contribution >= 0.6 is 0 Å². The predicted octanol–water partition coefficient (Wildman–Crippen LogP) is 1.90. The van der Waals surface area contributed by atoms with Crippen molar-refractivity contribution in [2.24, 2.45) is 0 Å². The smallest absolute Gasteiger partial charge is 0.398 e. The van der Waals surface area contributed by atoms with Crippen LogP contribution in [0.3, 0.4) is 0 Å². The van der Waals surface area contributed by atoms with Crippen molar-refractivity contribution >= 4 is 12.7 Å². The van der Waals surface area contributed by atoms with Gasteiger partial charge in [-0.25, -0.2) is 4.98 Å². The van der Waals surface area contributed by atoms with Crippen LogP contribution in [0, 0.1) is 6.92 Å². The van der Waals surface area contributed by atoms with Gasteiger partial charge in [0, 0.05) is 12.7 Å². The maximum absolute atomic E-state index is 6.00. The van der Waals surface area contributed by atoms with E-state index >= 15 is 0 Å². The summed E-state index contributed by atoms with van der Waals surface area (Å²) >= 11 is 0. The Morgan fingerprint density at radius 2 is 1.78 bits per heavy atom. The Hall–Kier alpha value is -0.805. The molecule has 1 saturated heterocycles. The quantitative estimate of drug-likeness (QED) is 0.769. The fourth-order valence-corrected chi connectivity index (χ4v) is 2.08. The minimum absolute atomic E-state index is 0.305. The van der Waals surface area contributed by atoms with E-state index in [0.717, 1.165) is 24.4 Å². The molecule has 0 atom stereocenters. The first-order chi connectivity index (χ1) is 8.27. The summed E-state index contributed by atoms with van der Waals surface area (Å²) in [5.74, 6) is 1.02. The fourth-order valence-electron chi connectivity index (χ4n) is 2.08. The van der Waals surface area contributed by atoms with Gasteiger partial charge in [-0.15, -0.1) is 0 Å². The van der Waals surface area contributed by atoms with E-state index in [1.54, 1.807) is 0 Å². The SMILES string of the molecule is CCCn1cc(B2OC(C)(C)C(C)(C)O2)nc1C. The van der Waals surface area contributed by atoms with E-state index in [1.165, 1.54) is 0 Å². The Bertz CT molecular complexity index is 424. The van der Waals surface area contributed by atoms with Crippen molar-refractivity contribution in [3.05, 3.63) is 12.0 Å². The number of aryl methyl sites for hydroxylation is 2. The predicted molar refractivity (Wildman–Crippen MR) is 73.0 cm³/mol. The third-order valence-corrected chi connectivity index (χ3v) is 3.95. The highest BCUT2D eigenvalue weighted by molar-refractivity contribution is 6.61. The molecule has 1 fully saturated rings. The summed E-state index contributed by atoms with van der Waals surface area (Å²) in [7, 11) is -0.355. The van der Waals surface area contributed by atoms with Crippen molar-refractivity contribution in [1.82, 2.24) is 9.55 Å². The molecule has 0 N–H and O–H groups in total. The first-order valence-electron chi connectivity index (χ1n) is 6.66. The van der Waals surface area contributed by atoms with Gasteiger partial charge in [0.05, 0.1) is 16.8 Å². The third kappa shape index (κ3) is 2.21. The van der Waals surface area contributed by atoms with E-state index in [1.807, 2.05) is 13.1 Å². The normalized spacial score (nSPS) is 21.6. The maximum Gasteiger partial charge on any atom is 0.516 e. The van der Waals surface area contributed by atoms with E-state index in [0.29, 0.717) is 0 Å². The van der Waals surface area contributed by atoms with Crippen LogP contribution in [0.15, 0.2) is 6.20 Å². The monoisotopic (exact) mass is 250 g/mol. The zero-order valence-electron chi connectivity index (χ0n) is 12.3. The van der Waals surface area contributed by atoms with Crippen molar-refractivity contribution in [2.45, 2.75) is 65.7 Å². The van der Waals surface area contributed by atoms with Crippen LogP contribution in [0.2, 0.25) is 0 Å². The maximum atomic E-state index is 6.00. The molecule has 1 aliphatic heterocycles. The molecule has 4 nitrogen and oxygen atoms in total. The lowest BCUT2D eigenvalue weighted by Gasteiger charge is -2.32. The topological polar surface area (TPSA) is 36.3 Å². The average Bonchev–Trinajstić information content (AvgIpc) is 2.68. The molecule has 0 radical (unpaired) electrons. The molecule has 0 spiro atoms. The Morgan fingerprint density at radius 3 is 2.28 bits per heavy atom. The van der Waals surface area contributed by atoms with Crippen LogP contribution in [0.25, 0.3) is 0 Å². The number of aromatic nitrogens is 2. The molecule has 2 heterocycles. The van der Waals surface area contributed by atoms with Gasteiger partial charge in [0.2, 0.25) is 0 Å². The Labute approximate surface area is 110 Å². The second-order valence-corrected chi connectivity index (χ2v) is 5.99. The van der Waals surface area contributed by atoms with E-state index in [-0.39, 0.29) is 18.3 Å². The highest BCUT2D eigenvalue weighted by Gasteiger charge is 2.52. The second kappa shape index (κ2) is 4.39. The largest absolute Gasteiger partial charge is 0.516 e. The van der Waals surface area contributed by atoms with Crippen molar-refractivity contribution in [3.8, 4) is 0 Å². The van der Waals surface area contributed by atoms with Gasteiger partial charge in [0.25, 0.3) is 0 Å². The minimum Gasteiger partial charge on any atom is -0.398 e. The highest BCUT2D eigenvalue weighted by Crippen LogP contribution is 2.36. The summed E-state index contributed by atoms with van der Waals surface area (Å²) in [5, 5.41) is 0. The molecule has 1 aromatic heterocycles. The lowest BCUT2D eigenvalue weighted by Crippen LogP contribution is -2.41. The number of nitrogens with zero attached hydrogens (tertiary/aromatic N) is 2. The number of hydrogen-bond acceptors (Lipinski definition) is 3. The molecule has 0 aromatic carbocycles. The van der Waals surface area contributed by atoms with Crippen molar-refractivity contribution in [2.75, 3.05) is 0 Å². The summed E-state index contributed by atoms with van der Waals surface area (Å²) < 4.78 is 14.2. The van der Waals surface area contributed by atoms with Crippen LogP contribution in [0.5, 0.6) is 0 Å². The number of imidazole rings is 1. The number of hydrogen-bond donors (Lipinski definition) is 0. The fraction of sp³-hybridized carbons (Fsp3) is 0.769. The highest BCUT2D eigenvalue weighted by atomic mass is 16.7. The third-order valence-electron chi connectivity index (χ3n) is 3.95. The van der Waals surface area contributed by atoms with Crippen LogP contribution in [0.4, 0.5) is 0 Å².